The van der Waals surface area contributed by atoms with Crippen molar-refractivity contribution in [3.8, 4) is 0 Å². The Morgan fingerprint density at radius 2 is 1.83 bits per heavy atom. The summed E-state index contributed by atoms with van der Waals surface area (Å²) in [6.07, 6.45) is 4.50. The van der Waals surface area contributed by atoms with Gasteiger partial charge in [-0.15, -0.1) is 0 Å². The number of nitrogens with zero attached hydrogens (tertiary/aromatic N) is 1. The van der Waals surface area contributed by atoms with Crippen molar-refractivity contribution in [2.45, 2.75) is 44.1 Å². The number of carbonyl (C=O) groups is 3. The number of imide groups is 1. The number of anilines is 1. The minimum atomic E-state index is -0.720. The third-order valence-electron chi connectivity index (χ3n) is 4.64. The highest BCUT2D eigenvalue weighted by molar-refractivity contribution is 14.1. The van der Waals surface area contributed by atoms with E-state index in [4.69, 9.17) is 0 Å². The van der Waals surface area contributed by atoms with Crippen molar-refractivity contribution in [1.29, 1.82) is 0 Å². The van der Waals surface area contributed by atoms with Gasteiger partial charge in [-0.1, -0.05) is 19.3 Å². The lowest BCUT2D eigenvalue weighted by Crippen LogP contribution is -2.48. The van der Waals surface area contributed by atoms with E-state index in [1.165, 1.54) is 4.90 Å². The quantitative estimate of drug-likeness (QED) is 0.557. The number of urea groups is 1. The maximum absolute atomic E-state index is 12.6. The Morgan fingerprint density at radius 1 is 1.17 bits per heavy atom. The van der Waals surface area contributed by atoms with Crippen LogP contribution < -0.4 is 10.6 Å². The van der Waals surface area contributed by atoms with E-state index < -0.39 is 5.54 Å². The molecule has 0 aromatic heterocycles. The van der Waals surface area contributed by atoms with E-state index in [0.29, 0.717) is 18.5 Å². The van der Waals surface area contributed by atoms with Crippen LogP contribution in [0.5, 0.6) is 0 Å². The van der Waals surface area contributed by atoms with E-state index in [9.17, 15) is 14.4 Å². The summed E-state index contributed by atoms with van der Waals surface area (Å²) in [5, 5.41) is 5.64. The van der Waals surface area contributed by atoms with Gasteiger partial charge >= 0.3 is 6.03 Å². The van der Waals surface area contributed by atoms with Crippen LogP contribution in [0.4, 0.5) is 10.5 Å². The predicted molar refractivity (Wildman–Crippen MR) is 98.5 cm³/mol. The molecule has 4 amide bonds. The molecule has 1 heterocycles. The molecule has 24 heavy (non-hydrogen) atoms. The van der Waals surface area contributed by atoms with Gasteiger partial charge in [0.1, 0.15) is 5.54 Å². The third kappa shape index (κ3) is 3.55. The van der Waals surface area contributed by atoms with E-state index >= 15 is 0 Å². The molecule has 3 rings (SSSR count). The molecular weight excluding hydrogens is 421 g/mol. The van der Waals surface area contributed by atoms with E-state index in [1.54, 1.807) is 0 Å². The summed E-state index contributed by atoms with van der Waals surface area (Å²) in [4.78, 5) is 38.0. The molecule has 6 nitrogen and oxygen atoms in total. The fourth-order valence-electron chi connectivity index (χ4n) is 3.34. The molecule has 0 atom stereocenters. The fourth-order valence-corrected chi connectivity index (χ4v) is 3.70. The molecular formula is C17H20IN3O3. The van der Waals surface area contributed by atoms with Gasteiger partial charge in [0, 0.05) is 22.2 Å². The van der Waals surface area contributed by atoms with E-state index in [2.05, 4.69) is 33.2 Å². The topological polar surface area (TPSA) is 78.5 Å². The lowest BCUT2D eigenvalue weighted by Gasteiger charge is -2.30. The van der Waals surface area contributed by atoms with Gasteiger partial charge in [-0.25, -0.2) is 4.79 Å². The van der Waals surface area contributed by atoms with Crippen LogP contribution in [0.3, 0.4) is 0 Å². The molecule has 7 heteroatoms. The number of carbonyl (C=O) groups excluding carboxylic acids is 3. The molecule has 1 saturated carbocycles. The van der Waals surface area contributed by atoms with Gasteiger partial charge in [0.2, 0.25) is 5.91 Å². The van der Waals surface area contributed by atoms with Gasteiger partial charge in [0.15, 0.2) is 0 Å². The van der Waals surface area contributed by atoms with Gasteiger partial charge in [-0.2, -0.15) is 0 Å². The van der Waals surface area contributed by atoms with Crippen LogP contribution in [0, 0.1) is 3.57 Å². The lowest BCUT2D eigenvalue weighted by atomic mass is 9.82. The first-order valence-corrected chi connectivity index (χ1v) is 9.28. The normalized spacial score (nSPS) is 19.5. The zero-order valence-electron chi connectivity index (χ0n) is 13.3. The molecule has 128 valence electrons. The van der Waals surface area contributed by atoms with Crippen LogP contribution in [-0.4, -0.2) is 34.8 Å². The smallest absolute Gasteiger partial charge is 0.325 e. The number of rotatable bonds is 4. The molecule has 2 aliphatic rings. The minimum Gasteiger partial charge on any atom is -0.326 e. The largest absolute Gasteiger partial charge is 0.326 e. The van der Waals surface area contributed by atoms with Crippen molar-refractivity contribution < 1.29 is 14.4 Å². The van der Waals surface area contributed by atoms with Crippen molar-refractivity contribution >= 4 is 46.1 Å². The molecule has 0 radical (unpaired) electrons. The second-order valence-corrected chi connectivity index (χ2v) is 7.58. The Balaban J connectivity index is 1.56. The van der Waals surface area contributed by atoms with E-state index in [-0.39, 0.29) is 30.8 Å². The Morgan fingerprint density at radius 3 is 2.50 bits per heavy atom. The van der Waals surface area contributed by atoms with Gasteiger partial charge in [-0.05, 0) is 59.7 Å². The zero-order valence-corrected chi connectivity index (χ0v) is 15.5. The van der Waals surface area contributed by atoms with Gasteiger partial charge in [0.05, 0.1) is 0 Å². The summed E-state index contributed by atoms with van der Waals surface area (Å²) in [6.45, 7) is 0.114. The highest BCUT2D eigenvalue weighted by Gasteiger charge is 2.50. The standard InChI is InChI=1S/C17H20IN3O3/c18-12-4-6-13(7-5-12)19-14(22)8-11-21-15(23)17(20-16(21)24)9-2-1-3-10-17/h4-7H,1-3,8-11H2,(H,19,22)(H,20,24). The summed E-state index contributed by atoms with van der Waals surface area (Å²) in [5.41, 5.74) is -0.0107. The molecule has 1 aliphatic carbocycles. The van der Waals surface area contributed by atoms with E-state index in [0.717, 1.165) is 22.8 Å². The second-order valence-electron chi connectivity index (χ2n) is 6.33. The number of halogens is 1. The van der Waals surface area contributed by atoms with Crippen LogP contribution in [0.25, 0.3) is 0 Å². The van der Waals surface area contributed by atoms with Crippen molar-refractivity contribution in [1.82, 2.24) is 10.2 Å². The third-order valence-corrected chi connectivity index (χ3v) is 5.36. The average Bonchev–Trinajstić information content (AvgIpc) is 2.79. The number of nitrogens with one attached hydrogen (secondary N) is 2. The van der Waals surface area contributed by atoms with Crippen LogP contribution in [0.15, 0.2) is 24.3 Å². The highest BCUT2D eigenvalue weighted by atomic mass is 127. The summed E-state index contributed by atoms with van der Waals surface area (Å²) in [7, 11) is 0. The molecule has 2 fully saturated rings. The van der Waals surface area contributed by atoms with Crippen molar-refractivity contribution in [2.24, 2.45) is 0 Å². The Kier molecular flexibility index (Phi) is 5.07. The number of benzene rings is 1. The SMILES string of the molecule is O=C(CCN1C(=O)NC2(CCCCC2)C1=O)Nc1ccc(I)cc1. The Hall–Kier alpha value is -1.64. The fraction of sp³-hybridized carbons (Fsp3) is 0.471. The number of hydrogen-bond acceptors (Lipinski definition) is 3. The summed E-state index contributed by atoms with van der Waals surface area (Å²) in [6, 6.07) is 7.08. The minimum absolute atomic E-state index is 0.0984. The average molecular weight is 441 g/mol. The summed E-state index contributed by atoms with van der Waals surface area (Å²) < 4.78 is 1.09. The number of hydrogen-bond donors (Lipinski definition) is 2. The zero-order chi connectivity index (χ0) is 17.2. The van der Waals surface area contributed by atoms with Crippen LogP contribution in [0.1, 0.15) is 38.5 Å². The predicted octanol–water partition coefficient (Wildman–Crippen LogP) is 2.87. The molecule has 1 spiro atoms. The molecule has 1 aromatic carbocycles. The molecule has 1 aromatic rings. The first-order valence-electron chi connectivity index (χ1n) is 8.20. The van der Waals surface area contributed by atoms with Crippen LogP contribution >= 0.6 is 22.6 Å². The highest BCUT2D eigenvalue weighted by Crippen LogP contribution is 2.33. The molecule has 0 bridgehead atoms. The lowest BCUT2D eigenvalue weighted by molar-refractivity contribution is -0.132. The molecule has 0 unspecified atom stereocenters. The maximum Gasteiger partial charge on any atom is 0.325 e. The Bertz CT molecular complexity index is 654. The molecule has 2 N–H and O–H groups in total. The van der Waals surface area contributed by atoms with Crippen molar-refractivity contribution in [3.05, 3.63) is 27.8 Å². The summed E-state index contributed by atoms with van der Waals surface area (Å²) >= 11 is 2.19. The molecule has 1 aliphatic heterocycles. The summed E-state index contributed by atoms with van der Waals surface area (Å²) in [5.74, 6) is -0.379. The first-order chi connectivity index (χ1) is 11.5. The van der Waals surface area contributed by atoms with Gasteiger partial charge in [-0.3, -0.25) is 14.5 Å². The van der Waals surface area contributed by atoms with Gasteiger partial charge < -0.3 is 10.6 Å². The van der Waals surface area contributed by atoms with E-state index in [1.807, 2.05) is 24.3 Å². The maximum atomic E-state index is 12.6. The monoisotopic (exact) mass is 441 g/mol. The van der Waals surface area contributed by atoms with Crippen molar-refractivity contribution in [3.63, 3.8) is 0 Å². The first kappa shape index (κ1) is 17.2. The molecule has 1 saturated heterocycles. The second kappa shape index (κ2) is 7.08. The van der Waals surface area contributed by atoms with Crippen LogP contribution in [0.2, 0.25) is 0 Å². The van der Waals surface area contributed by atoms with Crippen molar-refractivity contribution in [2.75, 3.05) is 11.9 Å². The Labute approximate surface area is 154 Å². The number of amides is 4. The van der Waals surface area contributed by atoms with Gasteiger partial charge in [0.25, 0.3) is 5.91 Å². The van der Waals surface area contributed by atoms with Crippen LogP contribution in [-0.2, 0) is 9.59 Å².